The molecule has 7 heteroatoms. The lowest BCUT2D eigenvalue weighted by molar-refractivity contribution is -0.124. The predicted octanol–water partition coefficient (Wildman–Crippen LogP) is 4.75. The summed E-state index contributed by atoms with van der Waals surface area (Å²) in [6.07, 6.45) is 1.89. The van der Waals surface area contributed by atoms with Crippen molar-refractivity contribution in [3.63, 3.8) is 0 Å². The lowest BCUT2D eigenvalue weighted by atomic mass is 10.0. The van der Waals surface area contributed by atoms with E-state index in [1.165, 1.54) is 18.2 Å². The van der Waals surface area contributed by atoms with E-state index >= 15 is 0 Å². The molecule has 1 aromatic heterocycles. The number of carbonyl (C=O) groups is 2. The van der Waals surface area contributed by atoms with Crippen LogP contribution in [-0.2, 0) is 11.3 Å². The second kappa shape index (κ2) is 10.8. The van der Waals surface area contributed by atoms with E-state index in [-0.39, 0.29) is 23.9 Å². The van der Waals surface area contributed by atoms with E-state index in [9.17, 15) is 14.0 Å². The van der Waals surface area contributed by atoms with Gasteiger partial charge in [0.1, 0.15) is 11.9 Å². The highest BCUT2D eigenvalue weighted by atomic mass is 19.1. The number of amides is 2. The molecule has 0 aliphatic carbocycles. The Morgan fingerprint density at radius 2 is 1.54 bits per heavy atom. The number of carbonyl (C=O) groups excluding carboxylic acids is 2. The van der Waals surface area contributed by atoms with Crippen molar-refractivity contribution in [3.05, 3.63) is 108 Å². The van der Waals surface area contributed by atoms with Gasteiger partial charge in [-0.25, -0.2) is 9.07 Å². The van der Waals surface area contributed by atoms with Gasteiger partial charge in [0.25, 0.3) is 5.91 Å². The highest BCUT2D eigenvalue weighted by Crippen LogP contribution is 2.23. The number of hydrogen-bond donors (Lipinski definition) is 2. The number of benzene rings is 3. The third kappa shape index (κ3) is 5.63. The zero-order chi connectivity index (χ0) is 24.8. The maximum Gasteiger partial charge on any atom is 0.254 e. The average Bonchev–Trinajstić information content (AvgIpc) is 3.31. The molecule has 0 saturated carbocycles. The van der Waals surface area contributed by atoms with Gasteiger partial charge in [-0.2, -0.15) is 5.10 Å². The first kappa shape index (κ1) is 23.9. The second-order valence-corrected chi connectivity index (χ2v) is 8.54. The van der Waals surface area contributed by atoms with Gasteiger partial charge in [0, 0.05) is 23.9 Å². The number of hydrogen-bond acceptors (Lipinski definition) is 3. The molecule has 0 aliphatic rings. The summed E-state index contributed by atoms with van der Waals surface area (Å²) < 4.78 is 15.8. The molecule has 0 unspecified atom stereocenters. The monoisotopic (exact) mass is 470 g/mol. The molecule has 1 heterocycles. The number of aromatic nitrogens is 2. The van der Waals surface area contributed by atoms with Crippen molar-refractivity contribution in [2.24, 2.45) is 5.92 Å². The van der Waals surface area contributed by atoms with Crippen molar-refractivity contribution in [1.29, 1.82) is 0 Å². The minimum absolute atomic E-state index is 0.0959. The van der Waals surface area contributed by atoms with Crippen LogP contribution in [0, 0.1) is 11.7 Å². The summed E-state index contributed by atoms with van der Waals surface area (Å²) in [5.74, 6) is -1.81. The number of rotatable bonds is 8. The van der Waals surface area contributed by atoms with Crippen LogP contribution in [0.2, 0.25) is 0 Å². The van der Waals surface area contributed by atoms with Crippen LogP contribution in [-0.4, -0.2) is 27.6 Å². The van der Waals surface area contributed by atoms with E-state index in [1.807, 2.05) is 80.7 Å². The summed E-state index contributed by atoms with van der Waals surface area (Å²) in [5.41, 5.74) is 3.32. The summed E-state index contributed by atoms with van der Waals surface area (Å²) in [5, 5.41) is 10.4. The maximum atomic E-state index is 14.0. The Morgan fingerprint density at radius 3 is 2.20 bits per heavy atom. The standard InChI is InChI=1S/C28H27FN4O2/c1-19(2)25(31-27(34)23-15-9-10-16-24(23)29)28(35)30-17-21-18-33(22-13-7-4-8-14-22)32-26(21)20-11-5-3-6-12-20/h3-16,18-19,25H,17H2,1-2H3,(H,30,35)(H,31,34)/t25-/m0/s1. The van der Waals surface area contributed by atoms with E-state index in [2.05, 4.69) is 10.6 Å². The van der Waals surface area contributed by atoms with Gasteiger partial charge in [-0.15, -0.1) is 0 Å². The predicted molar refractivity (Wildman–Crippen MR) is 133 cm³/mol. The molecular weight excluding hydrogens is 443 g/mol. The van der Waals surface area contributed by atoms with Gasteiger partial charge in [-0.05, 0) is 30.2 Å². The molecular formula is C28H27FN4O2. The van der Waals surface area contributed by atoms with Crippen molar-refractivity contribution in [2.45, 2.75) is 26.4 Å². The Kier molecular flexibility index (Phi) is 7.35. The van der Waals surface area contributed by atoms with Crippen LogP contribution in [0.15, 0.2) is 91.1 Å². The van der Waals surface area contributed by atoms with Crippen molar-refractivity contribution < 1.29 is 14.0 Å². The van der Waals surface area contributed by atoms with Crippen LogP contribution < -0.4 is 10.6 Å². The Balaban J connectivity index is 1.54. The SMILES string of the molecule is CC(C)[C@H](NC(=O)c1ccccc1F)C(=O)NCc1cn(-c2ccccc2)nc1-c1ccccc1. The lowest BCUT2D eigenvalue weighted by Gasteiger charge is -2.22. The number of halogens is 1. The number of nitrogens with zero attached hydrogens (tertiary/aromatic N) is 2. The summed E-state index contributed by atoms with van der Waals surface area (Å²) in [6.45, 7) is 3.87. The van der Waals surface area contributed by atoms with Crippen LogP contribution in [0.25, 0.3) is 16.9 Å². The fourth-order valence-corrected chi connectivity index (χ4v) is 3.78. The van der Waals surface area contributed by atoms with E-state index in [0.717, 1.165) is 22.5 Å². The Morgan fingerprint density at radius 1 is 0.914 bits per heavy atom. The van der Waals surface area contributed by atoms with Gasteiger partial charge in [0.15, 0.2) is 0 Å². The third-order valence-corrected chi connectivity index (χ3v) is 5.67. The average molecular weight is 471 g/mol. The first-order chi connectivity index (χ1) is 16.9. The van der Waals surface area contributed by atoms with E-state index in [1.54, 1.807) is 10.7 Å². The fourth-order valence-electron chi connectivity index (χ4n) is 3.78. The van der Waals surface area contributed by atoms with E-state index in [4.69, 9.17) is 5.10 Å². The molecule has 0 spiro atoms. The van der Waals surface area contributed by atoms with Crippen molar-refractivity contribution in [3.8, 4) is 16.9 Å². The van der Waals surface area contributed by atoms with Crippen LogP contribution in [0.4, 0.5) is 4.39 Å². The first-order valence-corrected chi connectivity index (χ1v) is 11.5. The van der Waals surface area contributed by atoms with Gasteiger partial charge < -0.3 is 10.6 Å². The molecule has 1 atom stereocenters. The normalized spacial score (nSPS) is 11.8. The van der Waals surface area contributed by atoms with Crippen molar-refractivity contribution in [1.82, 2.24) is 20.4 Å². The van der Waals surface area contributed by atoms with Gasteiger partial charge in [0.2, 0.25) is 5.91 Å². The largest absolute Gasteiger partial charge is 0.350 e. The molecule has 0 aliphatic heterocycles. The van der Waals surface area contributed by atoms with Crippen LogP contribution in [0.3, 0.4) is 0 Å². The topological polar surface area (TPSA) is 76.0 Å². The lowest BCUT2D eigenvalue weighted by Crippen LogP contribution is -2.49. The number of nitrogens with one attached hydrogen (secondary N) is 2. The Labute approximate surface area is 203 Å². The Bertz CT molecular complexity index is 1300. The summed E-state index contributed by atoms with van der Waals surface area (Å²) in [6, 6.07) is 24.3. The molecule has 0 bridgehead atoms. The molecule has 4 rings (SSSR count). The third-order valence-electron chi connectivity index (χ3n) is 5.67. The molecule has 2 amide bonds. The minimum Gasteiger partial charge on any atom is -0.350 e. The van der Waals surface area contributed by atoms with Crippen LogP contribution >= 0.6 is 0 Å². The maximum absolute atomic E-state index is 14.0. The molecule has 0 radical (unpaired) electrons. The van der Waals surface area contributed by atoms with Crippen LogP contribution in [0.1, 0.15) is 29.8 Å². The summed E-state index contributed by atoms with van der Waals surface area (Å²) in [4.78, 5) is 25.7. The minimum atomic E-state index is -0.827. The highest BCUT2D eigenvalue weighted by Gasteiger charge is 2.26. The van der Waals surface area contributed by atoms with Gasteiger partial charge in [-0.3, -0.25) is 9.59 Å². The molecule has 0 saturated heterocycles. The highest BCUT2D eigenvalue weighted by molar-refractivity contribution is 5.97. The molecule has 3 aromatic carbocycles. The van der Waals surface area contributed by atoms with Gasteiger partial charge >= 0.3 is 0 Å². The fraction of sp³-hybridized carbons (Fsp3) is 0.179. The van der Waals surface area contributed by atoms with E-state index in [0.29, 0.717) is 0 Å². The molecule has 2 N–H and O–H groups in total. The second-order valence-electron chi connectivity index (χ2n) is 8.54. The first-order valence-electron chi connectivity index (χ1n) is 11.5. The smallest absolute Gasteiger partial charge is 0.254 e. The molecule has 6 nitrogen and oxygen atoms in total. The molecule has 178 valence electrons. The molecule has 35 heavy (non-hydrogen) atoms. The zero-order valence-electron chi connectivity index (χ0n) is 19.6. The quantitative estimate of drug-likeness (QED) is 0.390. The van der Waals surface area contributed by atoms with Gasteiger partial charge in [0.05, 0.1) is 16.9 Å². The summed E-state index contributed by atoms with van der Waals surface area (Å²) >= 11 is 0. The van der Waals surface area contributed by atoms with Crippen LogP contribution in [0.5, 0.6) is 0 Å². The van der Waals surface area contributed by atoms with Gasteiger partial charge in [-0.1, -0.05) is 74.5 Å². The van der Waals surface area contributed by atoms with Crippen molar-refractivity contribution >= 4 is 11.8 Å². The zero-order valence-corrected chi connectivity index (χ0v) is 19.6. The van der Waals surface area contributed by atoms with E-state index < -0.39 is 17.8 Å². The summed E-state index contributed by atoms with van der Waals surface area (Å²) in [7, 11) is 0. The van der Waals surface area contributed by atoms with Crippen molar-refractivity contribution in [2.75, 3.05) is 0 Å². The molecule has 0 fully saturated rings. The molecule has 4 aromatic rings. The Hall–Kier alpha value is -4.26. The number of para-hydroxylation sites is 1.